The molecule has 0 aromatic heterocycles. The van der Waals surface area contributed by atoms with Crippen LogP contribution < -0.4 is 14.8 Å². The molecule has 2 aliphatic rings. The smallest absolute Gasteiger partial charge is 0.234 e. The van der Waals surface area contributed by atoms with Crippen LogP contribution in [0.4, 0.5) is 0 Å². The molecule has 0 radical (unpaired) electrons. The summed E-state index contributed by atoms with van der Waals surface area (Å²) in [5.41, 5.74) is 1.07. The fourth-order valence-corrected chi connectivity index (χ4v) is 3.80. The second-order valence-electron chi connectivity index (χ2n) is 7.86. The number of fused-ring (bicyclic) bond motifs is 1. The number of likely N-dealkylation sites (tertiary alicyclic amines) is 1. The molecule has 3 rings (SSSR count). The number of hydrogen-bond acceptors (Lipinski definition) is 4. The summed E-state index contributed by atoms with van der Waals surface area (Å²) >= 11 is 0. The lowest BCUT2D eigenvalue weighted by atomic mass is 9.95. The van der Waals surface area contributed by atoms with Crippen molar-refractivity contribution in [2.24, 2.45) is 5.92 Å². The zero-order chi connectivity index (χ0) is 18.5. The van der Waals surface area contributed by atoms with Crippen molar-refractivity contribution in [2.75, 3.05) is 26.3 Å². The van der Waals surface area contributed by atoms with Crippen LogP contribution in [0.1, 0.15) is 58.1 Å². The minimum atomic E-state index is -0.0280. The van der Waals surface area contributed by atoms with Gasteiger partial charge >= 0.3 is 0 Å². The second kappa shape index (κ2) is 8.76. The van der Waals surface area contributed by atoms with Crippen molar-refractivity contribution in [2.45, 2.75) is 58.5 Å². The van der Waals surface area contributed by atoms with Crippen LogP contribution in [0.15, 0.2) is 18.2 Å². The number of amides is 1. The number of benzene rings is 1. The zero-order valence-corrected chi connectivity index (χ0v) is 16.3. The SMILES string of the molecule is CC(C)[C@@H](NC(=O)CN1CCCC[C@@H]1C)c1ccc2c(c1)OCCCO2. The predicted octanol–water partition coefficient (Wildman–Crippen LogP) is 3.54. The normalized spacial score (nSPS) is 21.9. The lowest BCUT2D eigenvalue weighted by molar-refractivity contribution is -0.124. The number of nitrogens with zero attached hydrogens (tertiary/aromatic N) is 1. The fraction of sp³-hybridized carbons (Fsp3) is 0.667. The molecule has 0 aliphatic carbocycles. The highest BCUT2D eigenvalue weighted by molar-refractivity contribution is 5.78. The van der Waals surface area contributed by atoms with Gasteiger partial charge in [0, 0.05) is 12.5 Å². The van der Waals surface area contributed by atoms with Gasteiger partial charge in [-0.2, -0.15) is 0 Å². The molecule has 1 amide bonds. The van der Waals surface area contributed by atoms with Gasteiger partial charge in [-0.05, 0) is 49.9 Å². The third-order valence-electron chi connectivity index (χ3n) is 5.40. The lowest BCUT2D eigenvalue weighted by Gasteiger charge is -2.33. The number of ether oxygens (including phenoxy) is 2. The van der Waals surface area contributed by atoms with Crippen LogP contribution in [0, 0.1) is 5.92 Å². The van der Waals surface area contributed by atoms with Crippen LogP contribution in [0.5, 0.6) is 11.5 Å². The average Bonchev–Trinajstić information content (AvgIpc) is 2.86. The summed E-state index contributed by atoms with van der Waals surface area (Å²) in [4.78, 5) is 15.0. The highest BCUT2D eigenvalue weighted by Crippen LogP contribution is 2.34. The van der Waals surface area contributed by atoms with E-state index in [1.807, 2.05) is 18.2 Å². The largest absolute Gasteiger partial charge is 0.490 e. The molecule has 0 unspecified atom stereocenters. The maximum absolute atomic E-state index is 12.7. The summed E-state index contributed by atoms with van der Waals surface area (Å²) < 4.78 is 11.5. The number of carbonyl (C=O) groups excluding carboxylic acids is 1. The van der Waals surface area contributed by atoms with Crippen molar-refractivity contribution < 1.29 is 14.3 Å². The first-order valence-corrected chi connectivity index (χ1v) is 9.97. The van der Waals surface area contributed by atoms with E-state index in [0.29, 0.717) is 31.7 Å². The highest BCUT2D eigenvalue weighted by Gasteiger charge is 2.24. The Balaban J connectivity index is 1.69. The number of piperidine rings is 1. The zero-order valence-electron chi connectivity index (χ0n) is 16.3. The van der Waals surface area contributed by atoms with Gasteiger partial charge in [-0.1, -0.05) is 26.3 Å². The van der Waals surface area contributed by atoms with Crippen molar-refractivity contribution >= 4 is 5.91 Å². The molecule has 1 aromatic carbocycles. The fourth-order valence-electron chi connectivity index (χ4n) is 3.80. The standard InChI is InChI=1S/C21H32N2O3/c1-15(2)21(22-20(24)14-23-10-5-4-7-16(23)3)17-8-9-18-19(13-17)26-12-6-11-25-18/h8-9,13,15-16,21H,4-7,10-12,14H2,1-3H3,(H,22,24)/t16-,21+/m0/s1. The van der Waals surface area contributed by atoms with Crippen molar-refractivity contribution in [1.82, 2.24) is 10.2 Å². The molecular weight excluding hydrogens is 328 g/mol. The summed E-state index contributed by atoms with van der Waals surface area (Å²) in [5, 5.41) is 3.25. The quantitative estimate of drug-likeness (QED) is 0.873. The molecule has 1 saturated heterocycles. The third kappa shape index (κ3) is 4.70. The highest BCUT2D eigenvalue weighted by atomic mass is 16.5. The first kappa shape index (κ1) is 19.0. The first-order valence-electron chi connectivity index (χ1n) is 9.97. The van der Waals surface area contributed by atoms with Gasteiger partial charge in [0.05, 0.1) is 25.8 Å². The van der Waals surface area contributed by atoms with E-state index < -0.39 is 0 Å². The Morgan fingerprint density at radius 3 is 2.69 bits per heavy atom. The Labute approximate surface area is 157 Å². The van der Waals surface area contributed by atoms with Gasteiger partial charge in [0.1, 0.15) is 0 Å². The molecule has 2 aliphatic heterocycles. The molecule has 1 N–H and O–H groups in total. The molecule has 26 heavy (non-hydrogen) atoms. The first-order chi connectivity index (χ1) is 12.5. The molecule has 0 bridgehead atoms. The molecular formula is C21H32N2O3. The van der Waals surface area contributed by atoms with E-state index >= 15 is 0 Å². The van der Waals surface area contributed by atoms with Crippen molar-refractivity contribution in [3.05, 3.63) is 23.8 Å². The van der Waals surface area contributed by atoms with Crippen LogP contribution in [-0.4, -0.2) is 43.2 Å². The Morgan fingerprint density at radius 1 is 1.19 bits per heavy atom. The molecule has 5 nitrogen and oxygen atoms in total. The van der Waals surface area contributed by atoms with Gasteiger partial charge in [-0.25, -0.2) is 0 Å². The molecule has 1 fully saturated rings. The van der Waals surface area contributed by atoms with Gasteiger partial charge in [-0.3, -0.25) is 9.69 Å². The van der Waals surface area contributed by atoms with Gasteiger partial charge in [0.2, 0.25) is 5.91 Å². The summed E-state index contributed by atoms with van der Waals surface area (Å²) in [7, 11) is 0. The van der Waals surface area contributed by atoms with Gasteiger partial charge in [0.15, 0.2) is 11.5 Å². The van der Waals surface area contributed by atoms with E-state index in [1.165, 1.54) is 19.3 Å². The van der Waals surface area contributed by atoms with E-state index in [1.54, 1.807) is 0 Å². The Morgan fingerprint density at radius 2 is 1.96 bits per heavy atom. The number of rotatable bonds is 5. The van der Waals surface area contributed by atoms with Crippen molar-refractivity contribution in [1.29, 1.82) is 0 Å². The Hall–Kier alpha value is -1.75. The van der Waals surface area contributed by atoms with Crippen LogP contribution in [0.25, 0.3) is 0 Å². The summed E-state index contributed by atoms with van der Waals surface area (Å²) in [5.74, 6) is 1.97. The topological polar surface area (TPSA) is 50.8 Å². The van der Waals surface area contributed by atoms with Gasteiger partial charge in [0.25, 0.3) is 0 Å². The van der Waals surface area contributed by atoms with Gasteiger partial charge in [-0.15, -0.1) is 0 Å². The Kier molecular flexibility index (Phi) is 6.41. The van der Waals surface area contributed by atoms with E-state index in [9.17, 15) is 4.79 Å². The van der Waals surface area contributed by atoms with Crippen LogP contribution in [0.3, 0.4) is 0 Å². The van der Waals surface area contributed by atoms with Gasteiger partial charge < -0.3 is 14.8 Å². The molecule has 1 aromatic rings. The Bertz CT molecular complexity index is 617. The minimum absolute atomic E-state index is 0.0280. The maximum atomic E-state index is 12.7. The molecule has 5 heteroatoms. The number of hydrogen-bond donors (Lipinski definition) is 1. The molecule has 144 valence electrons. The second-order valence-corrected chi connectivity index (χ2v) is 7.86. The van der Waals surface area contributed by atoms with E-state index in [-0.39, 0.29) is 11.9 Å². The number of nitrogens with one attached hydrogen (secondary N) is 1. The minimum Gasteiger partial charge on any atom is -0.490 e. The maximum Gasteiger partial charge on any atom is 0.234 e. The molecule has 2 atom stereocenters. The predicted molar refractivity (Wildman–Crippen MR) is 103 cm³/mol. The van der Waals surface area contributed by atoms with Crippen molar-refractivity contribution in [3.63, 3.8) is 0 Å². The number of carbonyl (C=O) groups is 1. The molecule has 2 heterocycles. The van der Waals surface area contributed by atoms with Crippen LogP contribution in [0.2, 0.25) is 0 Å². The van der Waals surface area contributed by atoms with E-state index in [4.69, 9.17) is 9.47 Å². The summed E-state index contributed by atoms with van der Waals surface area (Å²) in [6, 6.07) is 6.49. The third-order valence-corrected chi connectivity index (χ3v) is 5.40. The average molecular weight is 360 g/mol. The van der Waals surface area contributed by atoms with E-state index in [0.717, 1.165) is 30.0 Å². The summed E-state index contributed by atoms with van der Waals surface area (Å²) in [6.45, 7) is 9.35. The van der Waals surface area contributed by atoms with E-state index in [2.05, 4.69) is 31.0 Å². The van der Waals surface area contributed by atoms with Crippen molar-refractivity contribution in [3.8, 4) is 11.5 Å². The van der Waals surface area contributed by atoms with Crippen LogP contribution in [-0.2, 0) is 4.79 Å². The van der Waals surface area contributed by atoms with Crippen LogP contribution >= 0.6 is 0 Å². The molecule has 0 spiro atoms. The monoisotopic (exact) mass is 360 g/mol. The summed E-state index contributed by atoms with van der Waals surface area (Å²) in [6.07, 6.45) is 4.53. The lowest BCUT2D eigenvalue weighted by Crippen LogP contribution is -2.45. The molecule has 0 saturated carbocycles.